The Hall–Kier alpha value is -2.33. The van der Waals surface area contributed by atoms with Crippen LogP contribution in [0.1, 0.15) is 144 Å². The van der Waals surface area contributed by atoms with E-state index in [1.165, 1.54) is 93.2 Å². The number of nitrogens with zero attached hydrogens (tertiary/aromatic N) is 2. The van der Waals surface area contributed by atoms with Crippen molar-refractivity contribution in [3.8, 4) is 0 Å². The zero-order chi connectivity index (χ0) is 36.4. The number of allylic oxidation sites excluding steroid dienone is 5. The first-order chi connectivity index (χ1) is 23.6. The molecule has 0 saturated heterocycles. The zero-order valence-corrected chi connectivity index (χ0v) is 34.1. The van der Waals surface area contributed by atoms with Crippen molar-refractivity contribution in [3.05, 3.63) is 93.1 Å². The molecule has 3 nitrogen and oxygen atoms in total. The van der Waals surface area contributed by atoms with E-state index in [0.29, 0.717) is 10.0 Å². The van der Waals surface area contributed by atoms with E-state index in [9.17, 15) is 0 Å². The molecule has 0 atom stereocenters. The first-order valence-electron chi connectivity index (χ1n) is 19.2. The van der Waals surface area contributed by atoms with Gasteiger partial charge in [0.25, 0.3) is 0 Å². The molecule has 2 aromatic rings. The van der Waals surface area contributed by atoms with E-state index in [1.807, 2.05) is 19.2 Å². The molecule has 1 fully saturated rings. The van der Waals surface area contributed by atoms with E-state index in [2.05, 4.69) is 102 Å². The molecule has 0 unspecified atom stereocenters. The second-order valence-corrected chi connectivity index (χ2v) is 14.3. The summed E-state index contributed by atoms with van der Waals surface area (Å²) in [4.78, 5) is 7.16. The minimum atomic E-state index is 0.516. The third kappa shape index (κ3) is 19.6. The van der Waals surface area contributed by atoms with Gasteiger partial charge in [-0.2, -0.15) is 0 Å². The van der Waals surface area contributed by atoms with Gasteiger partial charge in [-0.25, -0.2) is 4.99 Å². The van der Waals surface area contributed by atoms with Crippen LogP contribution in [0.25, 0.3) is 5.57 Å². The van der Waals surface area contributed by atoms with Crippen LogP contribution in [-0.4, -0.2) is 30.9 Å². The first kappa shape index (κ1) is 44.7. The number of unbranched alkanes of at least 4 members (excludes halogenated alkanes) is 3. The number of rotatable bonds is 15. The predicted molar refractivity (Wildman–Crippen MR) is 224 cm³/mol. The Morgan fingerprint density at radius 3 is 2.06 bits per heavy atom. The predicted octanol–water partition coefficient (Wildman–Crippen LogP) is 14.6. The van der Waals surface area contributed by atoms with Crippen molar-refractivity contribution >= 4 is 40.3 Å². The molecule has 1 aliphatic carbocycles. The highest BCUT2D eigenvalue weighted by Crippen LogP contribution is 2.30. The first-order valence-corrected chi connectivity index (χ1v) is 20.0. The fourth-order valence-corrected chi connectivity index (χ4v) is 6.07. The summed E-state index contributed by atoms with van der Waals surface area (Å²) >= 11 is 12.2. The Labute approximate surface area is 312 Å². The maximum Gasteiger partial charge on any atom is 0.103 e. The third-order valence-electron chi connectivity index (χ3n) is 8.81. The monoisotopic (exact) mass is 709 g/mol. The minimum absolute atomic E-state index is 0.516. The number of hydrogen-bond acceptors (Lipinski definition) is 2. The number of aliphatic imine (C=N–C) groups is 1. The van der Waals surface area contributed by atoms with Crippen molar-refractivity contribution in [2.24, 2.45) is 10.9 Å². The van der Waals surface area contributed by atoms with E-state index in [-0.39, 0.29) is 0 Å². The molecule has 1 N–H and O–H groups in total. The van der Waals surface area contributed by atoms with Gasteiger partial charge in [-0.15, -0.1) is 0 Å². The number of nitrogens with one attached hydrogen (secondary N) is 1. The number of hydrogen-bond donors (Lipinski definition) is 1. The second kappa shape index (κ2) is 27.4. The number of anilines is 1. The molecule has 0 aliphatic heterocycles. The molecule has 5 heteroatoms. The SMILES string of the molecule is CC1CCCCC1.CCCCCN(C)CCC.CC\C=C(C(=C/N=C(C)Nc1ccc(Cl)c(Cl)c1)/C(C)=C/CCC)\c1ccc(CC)cc1. The van der Waals surface area contributed by atoms with E-state index in [4.69, 9.17) is 28.2 Å². The summed E-state index contributed by atoms with van der Waals surface area (Å²) in [5, 5.41) is 4.35. The third-order valence-corrected chi connectivity index (χ3v) is 9.55. The van der Waals surface area contributed by atoms with Gasteiger partial charge in [0.05, 0.1) is 10.0 Å². The van der Waals surface area contributed by atoms with E-state index in [0.717, 1.165) is 48.7 Å². The van der Waals surface area contributed by atoms with Gasteiger partial charge in [-0.1, -0.05) is 153 Å². The van der Waals surface area contributed by atoms with Crippen LogP contribution in [0.2, 0.25) is 10.0 Å². The summed E-state index contributed by atoms with van der Waals surface area (Å²) in [5.41, 5.74) is 6.99. The fraction of sp³-hybridized carbons (Fsp3) is 0.568. The Balaban J connectivity index is 0.000000573. The molecular weight excluding hydrogens is 641 g/mol. The van der Waals surface area contributed by atoms with Crippen molar-refractivity contribution in [2.45, 2.75) is 139 Å². The molecule has 0 heterocycles. The molecule has 2 aromatic carbocycles. The van der Waals surface area contributed by atoms with Gasteiger partial charge in [0.1, 0.15) is 5.84 Å². The topological polar surface area (TPSA) is 27.6 Å². The average molecular weight is 711 g/mol. The lowest BCUT2D eigenvalue weighted by atomic mass is 9.91. The molecule has 274 valence electrons. The van der Waals surface area contributed by atoms with E-state index < -0.39 is 0 Å². The molecule has 0 aromatic heterocycles. The van der Waals surface area contributed by atoms with Gasteiger partial charge < -0.3 is 10.2 Å². The molecule has 0 bridgehead atoms. The molecular formula is C44H69Cl2N3. The normalized spacial score (nSPS) is 14.6. The van der Waals surface area contributed by atoms with Crippen LogP contribution in [-0.2, 0) is 6.42 Å². The van der Waals surface area contributed by atoms with Crippen molar-refractivity contribution < 1.29 is 0 Å². The maximum atomic E-state index is 6.14. The molecule has 0 radical (unpaired) electrons. The van der Waals surface area contributed by atoms with Crippen molar-refractivity contribution in [1.82, 2.24) is 4.90 Å². The van der Waals surface area contributed by atoms with Gasteiger partial charge in [0.15, 0.2) is 0 Å². The molecule has 3 rings (SSSR count). The lowest BCUT2D eigenvalue weighted by Gasteiger charge is -2.15. The Bertz CT molecular complexity index is 1280. The van der Waals surface area contributed by atoms with E-state index in [1.54, 1.807) is 12.1 Å². The Morgan fingerprint density at radius 1 is 0.837 bits per heavy atom. The fourth-order valence-electron chi connectivity index (χ4n) is 5.77. The summed E-state index contributed by atoms with van der Waals surface area (Å²) in [6, 6.07) is 14.3. The molecule has 1 saturated carbocycles. The maximum absolute atomic E-state index is 6.14. The van der Waals surface area contributed by atoms with Gasteiger partial charge in [0.2, 0.25) is 0 Å². The van der Waals surface area contributed by atoms with Crippen molar-refractivity contribution in [1.29, 1.82) is 0 Å². The number of aryl methyl sites for hydroxylation is 1. The van der Waals surface area contributed by atoms with Crippen molar-refractivity contribution in [2.75, 3.05) is 25.5 Å². The van der Waals surface area contributed by atoms with Gasteiger partial charge >= 0.3 is 0 Å². The number of halogens is 2. The van der Waals surface area contributed by atoms with Crippen LogP contribution in [0, 0.1) is 5.92 Å². The minimum Gasteiger partial charge on any atom is -0.344 e. The second-order valence-electron chi connectivity index (χ2n) is 13.5. The molecule has 0 amide bonds. The van der Waals surface area contributed by atoms with Crippen LogP contribution in [0.5, 0.6) is 0 Å². The lowest BCUT2D eigenvalue weighted by molar-refractivity contribution is 0.326. The highest BCUT2D eigenvalue weighted by molar-refractivity contribution is 6.42. The highest BCUT2D eigenvalue weighted by atomic mass is 35.5. The largest absolute Gasteiger partial charge is 0.344 e. The van der Waals surface area contributed by atoms with Gasteiger partial charge in [-0.05, 0) is 112 Å². The summed E-state index contributed by atoms with van der Waals surface area (Å²) in [5.74, 6) is 1.81. The number of benzene rings is 2. The zero-order valence-electron chi connectivity index (χ0n) is 32.6. The molecule has 1 aliphatic rings. The quantitative estimate of drug-likeness (QED) is 0.0862. The summed E-state index contributed by atoms with van der Waals surface area (Å²) < 4.78 is 0. The van der Waals surface area contributed by atoms with Crippen LogP contribution in [0.4, 0.5) is 5.69 Å². The smallest absolute Gasteiger partial charge is 0.103 e. The summed E-state index contributed by atoms with van der Waals surface area (Å²) in [6.07, 6.45) is 23.5. The van der Waals surface area contributed by atoms with Crippen LogP contribution < -0.4 is 5.32 Å². The van der Waals surface area contributed by atoms with Gasteiger partial charge in [0, 0.05) is 17.5 Å². The molecule has 0 spiro atoms. The van der Waals surface area contributed by atoms with E-state index >= 15 is 0 Å². The van der Waals surface area contributed by atoms with Crippen LogP contribution >= 0.6 is 23.2 Å². The van der Waals surface area contributed by atoms with Crippen LogP contribution in [0.15, 0.2) is 77.0 Å². The summed E-state index contributed by atoms with van der Waals surface area (Å²) in [7, 11) is 2.21. The number of amidine groups is 1. The Morgan fingerprint density at radius 2 is 1.53 bits per heavy atom. The highest BCUT2D eigenvalue weighted by Gasteiger charge is 2.11. The standard InChI is InChI=1S/C28H34Cl2N2.C9H21N.C7H14/c1-6-9-11-20(4)26(25(10-7-2)23-14-12-22(8-3)13-15-23)19-31-21(5)32-24-16-17-27(29)28(30)18-24;1-4-6-7-9-10(3)8-5-2;1-7-5-3-2-4-6-7/h10-19H,6-9H2,1-5H3,(H,31,32);4-9H2,1-3H3;7H,2-6H2,1H3/b20-11+,25-10-,26-19+;;. The molecule has 49 heavy (non-hydrogen) atoms. The average Bonchev–Trinajstić information content (AvgIpc) is 3.10. The Kier molecular flexibility index (Phi) is 25.0. The van der Waals surface area contributed by atoms with Gasteiger partial charge in [-0.3, -0.25) is 0 Å². The lowest BCUT2D eigenvalue weighted by Crippen LogP contribution is -2.20. The van der Waals surface area contributed by atoms with Crippen molar-refractivity contribution in [3.63, 3.8) is 0 Å². The van der Waals surface area contributed by atoms with Crippen LogP contribution in [0.3, 0.4) is 0 Å². The summed E-state index contributed by atoms with van der Waals surface area (Å²) in [6.45, 7) is 20.0.